The summed E-state index contributed by atoms with van der Waals surface area (Å²) in [4.78, 5) is 13.3. The summed E-state index contributed by atoms with van der Waals surface area (Å²) in [6, 6.07) is 15.6. The molecule has 4 aromatic rings. The highest BCUT2D eigenvalue weighted by atomic mass is 19.3. The molecule has 0 aliphatic rings. The molecule has 190 valence electrons. The van der Waals surface area contributed by atoms with Gasteiger partial charge in [0.15, 0.2) is 0 Å². The molecule has 0 unspecified atom stereocenters. The van der Waals surface area contributed by atoms with Gasteiger partial charge in [-0.3, -0.25) is 9.13 Å². The average Bonchev–Trinajstić information content (AvgIpc) is 3.49. The fourth-order valence-electron chi connectivity index (χ4n) is 4.45. The Kier molecular flexibility index (Phi) is 8.07. The molecule has 0 aliphatic heterocycles. The molecule has 9 heteroatoms. The molecule has 0 saturated carbocycles. The zero-order valence-corrected chi connectivity index (χ0v) is 20.9. The van der Waals surface area contributed by atoms with Crippen LogP contribution in [0.4, 0.5) is 8.78 Å². The molecule has 2 aromatic heterocycles. The van der Waals surface area contributed by atoms with Gasteiger partial charge in [0.1, 0.15) is 5.69 Å². The van der Waals surface area contributed by atoms with Crippen molar-refractivity contribution in [1.82, 2.24) is 29.8 Å². The van der Waals surface area contributed by atoms with Crippen molar-refractivity contribution >= 4 is 0 Å². The van der Waals surface area contributed by atoms with Gasteiger partial charge in [0.25, 0.3) is 6.43 Å². The number of nitrogens with zero attached hydrogens (tertiary/aromatic N) is 5. The van der Waals surface area contributed by atoms with Crippen LogP contribution in [0.3, 0.4) is 0 Å². The highest BCUT2D eigenvalue weighted by molar-refractivity contribution is 5.80. The first-order valence-corrected chi connectivity index (χ1v) is 12.4. The van der Waals surface area contributed by atoms with E-state index in [1.165, 1.54) is 4.57 Å². The summed E-state index contributed by atoms with van der Waals surface area (Å²) >= 11 is 0. The van der Waals surface area contributed by atoms with Gasteiger partial charge in [-0.05, 0) is 47.1 Å². The van der Waals surface area contributed by atoms with Gasteiger partial charge in [-0.25, -0.2) is 13.6 Å². The Morgan fingerprint density at radius 3 is 2.33 bits per heavy atom. The topological polar surface area (TPSA) is 81.4 Å². The molecule has 0 bridgehead atoms. The van der Waals surface area contributed by atoms with E-state index in [1.54, 1.807) is 4.57 Å². The fourth-order valence-corrected chi connectivity index (χ4v) is 4.45. The molecule has 4 rings (SSSR count). The fraction of sp³-hybridized carbons (Fsp3) is 0.407. The number of aromatic amines is 1. The minimum atomic E-state index is -2.69. The molecule has 1 N–H and O–H groups in total. The van der Waals surface area contributed by atoms with Crippen molar-refractivity contribution in [3.05, 3.63) is 76.0 Å². The van der Waals surface area contributed by atoms with Crippen LogP contribution >= 0.6 is 0 Å². The quantitative estimate of drug-likeness (QED) is 0.283. The SMILES string of the molecule is CCCCc1c(C(F)F)n(CCC(C)C)c(=O)n1Cc1ccc(-c2ccccc2-c2nn[nH]n2)cc1. The third-order valence-corrected chi connectivity index (χ3v) is 6.40. The second kappa shape index (κ2) is 11.4. The van der Waals surface area contributed by atoms with Crippen molar-refractivity contribution in [3.63, 3.8) is 0 Å². The van der Waals surface area contributed by atoms with E-state index in [0.29, 0.717) is 36.8 Å². The van der Waals surface area contributed by atoms with Crippen LogP contribution in [0.2, 0.25) is 0 Å². The first-order valence-electron chi connectivity index (χ1n) is 12.4. The standard InChI is InChI=1S/C27H32F2N6O/c1-4-5-10-23-24(25(28)29)34(16-15-18(2)3)27(36)35(23)17-19-11-13-20(14-12-19)21-8-6-7-9-22(21)26-30-32-33-31-26/h6-9,11-14,18,25H,4-5,10,15-17H2,1-3H3,(H,30,31,32,33). The normalized spacial score (nSPS) is 11.6. The molecule has 0 saturated heterocycles. The van der Waals surface area contributed by atoms with Crippen molar-refractivity contribution in [2.24, 2.45) is 5.92 Å². The van der Waals surface area contributed by atoms with Gasteiger partial charge in [0.05, 0.1) is 6.54 Å². The Bertz CT molecular complexity index is 1320. The smallest absolute Gasteiger partial charge is 0.291 e. The van der Waals surface area contributed by atoms with Crippen molar-refractivity contribution in [1.29, 1.82) is 0 Å². The highest BCUT2D eigenvalue weighted by Crippen LogP contribution is 2.30. The lowest BCUT2D eigenvalue weighted by Crippen LogP contribution is -2.26. The van der Waals surface area contributed by atoms with E-state index in [0.717, 1.165) is 35.1 Å². The number of unbranched alkanes of at least 4 members (excludes halogenated alkanes) is 1. The molecule has 2 aromatic carbocycles. The summed E-state index contributed by atoms with van der Waals surface area (Å²) in [6.45, 7) is 6.62. The molecular formula is C27H32F2N6O. The van der Waals surface area contributed by atoms with Crippen LogP contribution in [0.15, 0.2) is 53.3 Å². The first-order chi connectivity index (χ1) is 17.4. The van der Waals surface area contributed by atoms with Gasteiger partial charge in [0, 0.05) is 17.8 Å². The van der Waals surface area contributed by atoms with Gasteiger partial charge >= 0.3 is 5.69 Å². The maximum atomic E-state index is 14.2. The van der Waals surface area contributed by atoms with E-state index < -0.39 is 6.43 Å². The monoisotopic (exact) mass is 494 g/mol. The van der Waals surface area contributed by atoms with E-state index in [9.17, 15) is 13.6 Å². The number of tetrazole rings is 1. The van der Waals surface area contributed by atoms with Gasteiger partial charge < -0.3 is 0 Å². The van der Waals surface area contributed by atoms with E-state index in [-0.39, 0.29) is 17.9 Å². The van der Waals surface area contributed by atoms with Gasteiger partial charge in [0.2, 0.25) is 5.82 Å². The largest absolute Gasteiger partial charge is 0.329 e. The van der Waals surface area contributed by atoms with E-state index in [4.69, 9.17) is 0 Å². The second-order valence-electron chi connectivity index (χ2n) is 9.42. The summed E-state index contributed by atoms with van der Waals surface area (Å²) in [7, 11) is 0. The van der Waals surface area contributed by atoms with Crippen molar-refractivity contribution in [2.45, 2.75) is 66.0 Å². The summed E-state index contributed by atoms with van der Waals surface area (Å²) in [5.74, 6) is 0.816. The van der Waals surface area contributed by atoms with Crippen molar-refractivity contribution in [3.8, 4) is 22.5 Å². The van der Waals surface area contributed by atoms with Crippen LogP contribution in [0.25, 0.3) is 22.5 Å². The lowest BCUT2D eigenvalue weighted by molar-refractivity contribution is 0.138. The van der Waals surface area contributed by atoms with E-state index in [1.807, 2.05) is 69.3 Å². The number of halogens is 2. The summed E-state index contributed by atoms with van der Waals surface area (Å²) in [6.07, 6.45) is 0.0468. The molecule has 7 nitrogen and oxygen atoms in total. The zero-order chi connectivity index (χ0) is 25.7. The summed E-state index contributed by atoms with van der Waals surface area (Å²) in [5, 5.41) is 14.3. The van der Waals surface area contributed by atoms with Crippen molar-refractivity contribution < 1.29 is 8.78 Å². The van der Waals surface area contributed by atoms with Crippen LogP contribution in [0, 0.1) is 5.92 Å². The van der Waals surface area contributed by atoms with E-state index >= 15 is 0 Å². The predicted molar refractivity (Wildman–Crippen MR) is 136 cm³/mol. The zero-order valence-electron chi connectivity index (χ0n) is 20.9. The van der Waals surface area contributed by atoms with Gasteiger partial charge in [-0.1, -0.05) is 75.7 Å². The minimum absolute atomic E-state index is 0.125. The number of benzene rings is 2. The van der Waals surface area contributed by atoms with Crippen LogP contribution in [0.5, 0.6) is 0 Å². The molecular weight excluding hydrogens is 462 g/mol. The Balaban J connectivity index is 1.68. The molecule has 0 amide bonds. The molecule has 0 fully saturated rings. The molecule has 0 atom stereocenters. The maximum absolute atomic E-state index is 14.2. The number of hydrogen-bond donors (Lipinski definition) is 1. The Hall–Kier alpha value is -3.62. The molecule has 36 heavy (non-hydrogen) atoms. The summed E-state index contributed by atoms with van der Waals surface area (Å²) in [5.41, 5.74) is 3.60. The van der Waals surface area contributed by atoms with Crippen LogP contribution in [-0.4, -0.2) is 29.8 Å². The Morgan fingerprint density at radius 1 is 1.00 bits per heavy atom. The number of rotatable bonds is 11. The number of alkyl halides is 2. The van der Waals surface area contributed by atoms with Crippen molar-refractivity contribution in [2.75, 3.05) is 0 Å². The number of nitrogens with one attached hydrogen (secondary N) is 1. The first kappa shape index (κ1) is 25.5. The Morgan fingerprint density at radius 2 is 1.72 bits per heavy atom. The summed E-state index contributed by atoms with van der Waals surface area (Å²) < 4.78 is 31.2. The number of hydrogen-bond acceptors (Lipinski definition) is 4. The maximum Gasteiger partial charge on any atom is 0.329 e. The Labute approximate surface area is 209 Å². The number of aromatic nitrogens is 6. The average molecular weight is 495 g/mol. The predicted octanol–water partition coefficient (Wildman–Crippen LogP) is 5.87. The van der Waals surface area contributed by atoms with Crippen LogP contribution in [-0.2, 0) is 19.5 Å². The lowest BCUT2D eigenvalue weighted by atomic mass is 9.98. The van der Waals surface area contributed by atoms with Crippen LogP contribution in [0.1, 0.15) is 63.4 Å². The molecule has 0 radical (unpaired) electrons. The second-order valence-corrected chi connectivity index (χ2v) is 9.42. The van der Waals surface area contributed by atoms with Gasteiger partial charge in [-0.2, -0.15) is 5.21 Å². The molecule has 2 heterocycles. The lowest BCUT2D eigenvalue weighted by Gasteiger charge is -2.11. The third-order valence-electron chi connectivity index (χ3n) is 6.40. The van der Waals surface area contributed by atoms with Gasteiger partial charge in [-0.15, -0.1) is 10.2 Å². The minimum Gasteiger partial charge on any atom is -0.291 e. The van der Waals surface area contributed by atoms with Crippen LogP contribution < -0.4 is 5.69 Å². The number of imidazole rings is 1. The van der Waals surface area contributed by atoms with E-state index in [2.05, 4.69) is 20.6 Å². The molecule has 0 spiro atoms. The molecule has 0 aliphatic carbocycles. The highest BCUT2D eigenvalue weighted by Gasteiger charge is 2.26. The number of H-pyrrole nitrogens is 1. The third kappa shape index (κ3) is 5.45.